The van der Waals surface area contributed by atoms with Gasteiger partial charge in [-0.05, 0) is 0 Å². The van der Waals surface area contributed by atoms with Gasteiger partial charge >= 0.3 is 202 Å². The number of allylic oxidation sites excluding steroid dienone is 1. The van der Waals surface area contributed by atoms with E-state index in [1.165, 1.54) is 18.7 Å². The molecule has 0 radical (unpaired) electrons. The number of carbonyl (C=O) groups is 1. The molecule has 0 saturated carbocycles. The number of aromatic nitrogens is 2. The molecule has 3 aromatic rings. The van der Waals surface area contributed by atoms with Crippen LogP contribution in [0, 0.1) is 5.82 Å². The first-order valence-electron chi connectivity index (χ1n) is 10.6. The van der Waals surface area contributed by atoms with Crippen molar-refractivity contribution >= 4 is 23.0 Å². The van der Waals surface area contributed by atoms with E-state index in [4.69, 9.17) is 4.74 Å². The molecule has 0 unspecified atom stereocenters. The Morgan fingerprint density at radius 3 is 3.00 bits per heavy atom. The number of hydrogen-bond acceptors (Lipinski definition) is 5. The van der Waals surface area contributed by atoms with Crippen molar-refractivity contribution in [3.63, 3.8) is 0 Å². The summed E-state index contributed by atoms with van der Waals surface area (Å²) in [6, 6.07) is 6.62. The summed E-state index contributed by atoms with van der Waals surface area (Å²) in [4.78, 5) is 21.0. The molecule has 1 amide bonds. The van der Waals surface area contributed by atoms with E-state index < -0.39 is 5.82 Å². The number of H-pyrrole nitrogens is 1. The van der Waals surface area contributed by atoms with Crippen LogP contribution < -0.4 is 41.9 Å². The Labute approximate surface area is 201 Å². The van der Waals surface area contributed by atoms with Gasteiger partial charge in [-0.2, -0.15) is 0 Å². The average Bonchev–Trinajstić information content (AvgIpc) is 3.19. The third kappa shape index (κ3) is 4.05. The number of rotatable bonds is 3. The number of para-hydroxylation sites is 1. The Kier molecular flexibility index (Phi) is 5.96. The number of ether oxygens (including phenoxy) is 1. The standard InChI is InChI=1S/C24H24FIN5O2/c1-13-6-8-26-16-11-29-24(32)19-21(16)31-20(14-7-9-27-12-18(14)28-10-13)22(19)30-17-5-3-4-15(25)23(17)33-2/h3-7,9,12,16,28,30-31H,8,10-11H2,1-2H3,(H,29,32)/q-1/b13-6-/t16-/m0/s1. The molecule has 5 rings (SSSR count). The molecule has 2 bridgehead atoms. The van der Waals surface area contributed by atoms with Crippen molar-refractivity contribution in [2.24, 2.45) is 0 Å². The van der Waals surface area contributed by atoms with Crippen LogP contribution in [-0.2, 0) is 0 Å². The number of anilines is 3. The molecular weight excluding hydrogens is 536 g/mol. The van der Waals surface area contributed by atoms with Gasteiger partial charge in [0, 0.05) is 0 Å². The van der Waals surface area contributed by atoms with E-state index in [1.807, 2.05) is 6.07 Å². The molecule has 0 spiro atoms. The zero-order valence-corrected chi connectivity index (χ0v) is 20.4. The van der Waals surface area contributed by atoms with Crippen molar-refractivity contribution < 1.29 is 35.1 Å². The summed E-state index contributed by atoms with van der Waals surface area (Å²) in [6.45, 7) is 3.46. The number of amides is 1. The summed E-state index contributed by atoms with van der Waals surface area (Å²) >= 11 is -0.244. The SMILES string of the molecule is COc1c(F)cccc1Nc1c2[nH]c3c1C(=O)NC[C@@H]3[I-]C/C=C(/C)CNc1cnccc1-2. The number of halogens is 2. The van der Waals surface area contributed by atoms with Gasteiger partial charge in [-0.3, -0.25) is 0 Å². The van der Waals surface area contributed by atoms with Crippen molar-refractivity contribution in [1.29, 1.82) is 0 Å². The van der Waals surface area contributed by atoms with Gasteiger partial charge in [-0.1, -0.05) is 0 Å². The Balaban J connectivity index is 1.73. The van der Waals surface area contributed by atoms with Gasteiger partial charge in [-0.25, -0.2) is 0 Å². The number of carbonyl (C=O) groups excluding carboxylic acids is 1. The van der Waals surface area contributed by atoms with Crippen molar-refractivity contribution in [3.05, 3.63) is 65.4 Å². The Bertz CT molecular complexity index is 1260. The molecule has 172 valence electrons. The number of fused-ring (bicyclic) bond motifs is 3. The maximum atomic E-state index is 14.4. The summed E-state index contributed by atoms with van der Waals surface area (Å²) in [5.41, 5.74) is 6.36. The zero-order chi connectivity index (χ0) is 22.9. The molecule has 33 heavy (non-hydrogen) atoms. The van der Waals surface area contributed by atoms with Gasteiger partial charge in [-0.15, -0.1) is 0 Å². The fourth-order valence-corrected chi connectivity index (χ4v) is 7.17. The monoisotopic (exact) mass is 560 g/mol. The van der Waals surface area contributed by atoms with Crippen LogP contribution in [0.2, 0.25) is 0 Å². The molecule has 1 aromatic carbocycles. The summed E-state index contributed by atoms with van der Waals surface area (Å²) in [7, 11) is 1.43. The molecular formula is C24H24FIN5O2-. The molecule has 2 aromatic heterocycles. The minimum atomic E-state index is -0.472. The van der Waals surface area contributed by atoms with E-state index in [9.17, 15) is 9.18 Å². The molecule has 7 nitrogen and oxygen atoms in total. The first-order valence-corrected chi connectivity index (χ1v) is 13.4. The second-order valence-electron chi connectivity index (χ2n) is 7.92. The van der Waals surface area contributed by atoms with Crippen LogP contribution in [0.25, 0.3) is 11.3 Å². The van der Waals surface area contributed by atoms with Crippen molar-refractivity contribution in [2.45, 2.75) is 10.8 Å². The summed E-state index contributed by atoms with van der Waals surface area (Å²) in [5.74, 6) is -0.513. The van der Waals surface area contributed by atoms with Gasteiger partial charge in [0.25, 0.3) is 0 Å². The van der Waals surface area contributed by atoms with Crippen LogP contribution in [0.1, 0.15) is 26.9 Å². The van der Waals surface area contributed by atoms with Crippen molar-refractivity contribution in [2.75, 3.05) is 35.3 Å². The molecule has 2 aliphatic heterocycles. The number of methoxy groups -OCH3 is 1. The predicted octanol–water partition coefficient (Wildman–Crippen LogP) is 1.21. The number of alkyl halides is 2. The molecule has 4 heterocycles. The van der Waals surface area contributed by atoms with E-state index in [0.717, 1.165) is 27.1 Å². The minimum absolute atomic E-state index is 0.101. The number of nitrogens with zero attached hydrogens (tertiary/aromatic N) is 1. The van der Waals surface area contributed by atoms with Gasteiger partial charge in [0.2, 0.25) is 0 Å². The van der Waals surface area contributed by atoms with E-state index in [2.05, 4.69) is 38.9 Å². The molecule has 9 heteroatoms. The van der Waals surface area contributed by atoms with E-state index in [-0.39, 0.29) is 36.8 Å². The fraction of sp³-hybridized carbons (Fsp3) is 0.250. The molecule has 2 aliphatic rings. The summed E-state index contributed by atoms with van der Waals surface area (Å²) in [5, 5.41) is 9.86. The van der Waals surface area contributed by atoms with Gasteiger partial charge < -0.3 is 0 Å². The van der Waals surface area contributed by atoms with Crippen LogP contribution in [0.15, 0.2) is 48.3 Å². The predicted molar refractivity (Wildman–Crippen MR) is 122 cm³/mol. The third-order valence-electron chi connectivity index (χ3n) is 5.79. The van der Waals surface area contributed by atoms with Crippen LogP contribution in [0.3, 0.4) is 0 Å². The van der Waals surface area contributed by atoms with Crippen LogP contribution >= 0.6 is 0 Å². The van der Waals surface area contributed by atoms with E-state index in [0.29, 0.717) is 30.0 Å². The molecule has 0 fully saturated rings. The number of aromatic amines is 1. The summed E-state index contributed by atoms with van der Waals surface area (Å²) in [6.07, 6.45) is 5.80. The normalized spacial score (nSPS) is 19.3. The number of benzene rings is 1. The Morgan fingerprint density at radius 2 is 2.15 bits per heavy atom. The van der Waals surface area contributed by atoms with Crippen molar-refractivity contribution in [3.8, 4) is 17.0 Å². The third-order valence-corrected chi connectivity index (χ3v) is 8.87. The Hall–Kier alpha value is -3.08. The number of hydrogen-bond donors (Lipinski definition) is 4. The first-order chi connectivity index (χ1) is 16.1. The quantitative estimate of drug-likeness (QED) is 0.220. The van der Waals surface area contributed by atoms with Crippen LogP contribution in [-0.4, -0.2) is 40.5 Å². The van der Waals surface area contributed by atoms with Gasteiger partial charge in [0.1, 0.15) is 0 Å². The second-order valence-corrected chi connectivity index (χ2v) is 11.2. The Morgan fingerprint density at radius 1 is 1.27 bits per heavy atom. The van der Waals surface area contributed by atoms with Crippen LogP contribution in [0.5, 0.6) is 5.75 Å². The van der Waals surface area contributed by atoms with Crippen molar-refractivity contribution in [1.82, 2.24) is 15.3 Å². The van der Waals surface area contributed by atoms with Gasteiger partial charge in [0.15, 0.2) is 0 Å². The average molecular weight is 560 g/mol. The molecule has 1 atom stereocenters. The van der Waals surface area contributed by atoms with E-state index >= 15 is 0 Å². The molecule has 0 aliphatic carbocycles. The maximum absolute atomic E-state index is 14.4. The van der Waals surface area contributed by atoms with Crippen LogP contribution in [0.4, 0.5) is 21.5 Å². The summed E-state index contributed by atoms with van der Waals surface area (Å²) < 4.78 is 21.0. The van der Waals surface area contributed by atoms with E-state index in [1.54, 1.807) is 24.5 Å². The molecule has 4 N–H and O–H groups in total. The topological polar surface area (TPSA) is 91.1 Å². The number of nitrogens with one attached hydrogen (secondary N) is 4. The molecule has 0 saturated heterocycles. The first kappa shape index (κ1) is 21.7. The second kappa shape index (κ2) is 9.05. The zero-order valence-electron chi connectivity index (χ0n) is 18.3. The number of pyridine rings is 1. The van der Waals surface area contributed by atoms with Gasteiger partial charge in [0.05, 0.1) is 0 Å². The fourth-order valence-electron chi connectivity index (χ4n) is 4.11.